The number of rotatable bonds is 9. The van der Waals surface area contributed by atoms with Crippen LogP contribution in [0.5, 0.6) is 5.75 Å². The zero-order chi connectivity index (χ0) is 22.9. The minimum absolute atomic E-state index is 0. The summed E-state index contributed by atoms with van der Waals surface area (Å²) in [6.07, 6.45) is 4.51. The van der Waals surface area contributed by atoms with Crippen LogP contribution >= 0.6 is 24.0 Å². The molecule has 0 bridgehead atoms. The Bertz CT molecular complexity index is 1160. The number of hydrogen-bond donors (Lipinski definition) is 2. The third kappa shape index (κ3) is 7.11. The van der Waals surface area contributed by atoms with Crippen LogP contribution in [0.3, 0.4) is 0 Å². The molecule has 4 aromatic rings. The van der Waals surface area contributed by atoms with Crippen LogP contribution in [0.1, 0.15) is 16.9 Å². The van der Waals surface area contributed by atoms with Crippen LogP contribution in [-0.2, 0) is 26.6 Å². The minimum Gasteiger partial charge on any atom is -0.497 e. The summed E-state index contributed by atoms with van der Waals surface area (Å²) in [5, 5.41) is 11.5. The number of methoxy groups -OCH3 is 1. The summed E-state index contributed by atoms with van der Waals surface area (Å²) in [4.78, 5) is 4.79. The fourth-order valence-electron chi connectivity index (χ4n) is 3.52. The molecule has 0 atom stereocenters. The number of guanidine groups is 1. The highest BCUT2D eigenvalue weighted by molar-refractivity contribution is 14.0. The third-order valence-electron chi connectivity index (χ3n) is 5.22. The Balaban J connectivity index is 0.00000324. The second-order valence-corrected chi connectivity index (χ2v) is 7.67. The number of aryl methyl sites for hydroxylation is 1. The molecule has 7 nitrogen and oxygen atoms in total. The van der Waals surface area contributed by atoms with E-state index in [0.717, 1.165) is 46.3 Å². The zero-order valence-corrected chi connectivity index (χ0v) is 21.7. The molecular formula is C26H30IN5O2. The van der Waals surface area contributed by atoms with Crippen LogP contribution < -0.4 is 15.4 Å². The van der Waals surface area contributed by atoms with Crippen molar-refractivity contribution in [3.05, 3.63) is 96.1 Å². The lowest BCUT2D eigenvalue weighted by molar-refractivity contribution is 0.414. The Morgan fingerprint density at radius 2 is 1.82 bits per heavy atom. The molecule has 0 fully saturated rings. The number of hydrogen-bond acceptors (Lipinski definition) is 4. The van der Waals surface area contributed by atoms with Crippen LogP contribution in [0.2, 0.25) is 0 Å². The van der Waals surface area contributed by atoms with Crippen molar-refractivity contribution in [2.24, 2.45) is 12.0 Å². The summed E-state index contributed by atoms with van der Waals surface area (Å²) >= 11 is 0. The maximum absolute atomic E-state index is 5.44. The van der Waals surface area contributed by atoms with Gasteiger partial charge in [-0.15, -0.1) is 24.0 Å². The van der Waals surface area contributed by atoms with Gasteiger partial charge in [0.25, 0.3) is 0 Å². The predicted octanol–water partition coefficient (Wildman–Crippen LogP) is 4.78. The molecule has 0 amide bonds. The van der Waals surface area contributed by atoms with Gasteiger partial charge in [-0.25, -0.2) is 4.99 Å². The number of furan rings is 1. The zero-order valence-electron chi connectivity index (χ0n) is 19.4. The van der Waals surface area contributed by atoms with Gasteiger partial charge in [0.15, 0.2) is 5.96 Å². The number of nitrogens with one attached hydrogen (secondary N) is 2. The van der Waals surface area contributed by atoms with Gasteiger partial charge in [0.05, 0.1) is 25.6 Å². The summed E-state index contributed by atoms with van der Waals surface area (Å²) in [7, 11) is 3.61. The molecule has 2 aromatic carbocycles. The smallest absolute Gasteiger partial charge is 0.191 e. The summed E-state index contributed by atoms with van der Waals surface area (Å²) in [5.41, 5.74) is 4.27. The molecule has 0 saturated carbocycles. The second-order valence-electron chi connectivity index (χ2n) is 7.67. The fourth-order valence-corrected chi connectivity index (χ4v) is 3.52. The summed E-state index contributed by atoms with van der Waals surface area (Å²) < 4.78 is 12.5. The Morgan fingerprint density at radius 3 is 2.53 bits per heavy atom. The number of ether oxygens (including phenoxy) is 1. The first-order chi connectivity index (χ1) is 16.2. The highest BCUT2D eigenvalue weighted by atomic mass is 127. The molecule has 34 heavy (non-hydrogen) atoms. The van der Waals surface area contributed by atoms with E-state index in [-0.39, 0.29) is 24.0 Å². The van der Waals surface area contributed by atoms with E-state index in [1.807, 2.05) is 72.5 Å². The fraction of sp³-hybridized carbons (Fsp3) is 0.231. The molecule has 0 aliphatic heterocycles. The van der Waals surface area contributed by atoms with E-state index in [1.54, 1.807) is 13.4 Å². The van der Waals surface area contributed by atoms with E-state index in [9.17, 15) is 0 Å². The Kier molecular flexibility index (Phi) is 9.57. The highest BCUT2D eigenvalue weighted by Crippen LogP contribution is 2.21. The number of aromatic nitrogens is 2. The van der Waals surface area contributed by atoms with E-state index in [4.69, 9.17) is 14.1 Å². The van der Waals surface area contributed by atoms with Gasteiger partial charge >= 0.3 is 0 Å². The van der Waals surface area contributed by atoms with Crippen LogP contribution in [-0.4, -0.2) is 29.4 Å². The normalized spacial score (nSPS) is 11.1. The molecule has 0 aliphatic carbocycles. The lowest BCUT2D eigenvalue weighted by Gasteiger charge is -2.13. The van der Waals surface area contributed by atoms with Crippen molar-refractivity contribution in [1.82, 2.24) is 20.4 Å². The quantitative estimate of drug-likeness (QED) is 0.172. The van der Waals surface area contributed by atoms with E-state index in [1.165, 1.54) is 0 Å². The largest absolute Gasteiger partial charge is 0.497 e. The third-order valence-corrected chi connectivity index (χ3v) is 5.22. The minimum atomic E-state index is 0. The lowest BCUT2D eigenvalue weighted by Crippen LogP contribution is -2.38. The van der Waals surface area contributed by atoms with E-state index < -0.39 is 0 Å². The van der Waals surface area contributed by atoms with Gasteiger partial charge in [0, 0.05) is 43.9 Å². The van der Waals surface area contributed by atoms with Crippen LogP contribution in [0.15, 0.2) is 88.6 Å². The molecule has 0 unspecified atom stereocenters. The molecule has 178 valence electrons. The molecule has 0 radical (unpaired) electrons. The molecule has 0 aliphatic rings. The standard InChI is InChI=1S/C26H29N5O2.HI/c1-31-19-22(25(30-31)21-7-4-3-5-8-21)18-29-26(27-15-14-24-9-6-16-33-24)28-17-20-10-12-23(32-2)13-11-20;/h3-13,16,19H,14-15,17-18H2,1-2H3,(H2,27,28,29);1H. The topological polar surface area (TPSA) is 76.6 Å². The molecule has 8 heteroatoms. The first kappa shape index (κ1) is 25.4. The van der Waals surface area contributed by atoms with E-state index in [0.29, 0.717) is 19.6 Å². The van der Waals surface area contributed by atoms with E-state index >= 15 is 0 Å². The van der Waals surface area contributed by atoms with Crippen molar-refractivity contribution in [2.75, 3.05) is 13.7 Å². The number of nitrogens with zero attached hydrogens (tertiary/aromatic N) is 3. The average Bonchev–Trinajstić information content (AvgIpc) is 3.51. The van der Waals surface area contributed by atoms with Gasteiger partial charge in [0.1, 0.15) is 11.5 Å². The van der Waals surface area contributed by atoms with Gasteiger partial charge in [-0.05, 0) is 29.8 Å². The molecule has 0 saturated heterocycles. The lowest BCUT2D eigenvalue weighted by atomic mass is 10.1. The van der Waals surface area contributed by atoms with Crippen molar-refractivity contribution >= 4 is 29.9 Å². The molecule has 2 aromatic heterocycles. The molecule has 0 spiro atoms. The Labute approximate surface area is 217 Å². The number of aliphatic imine (C=N–C) groups is 1. The predicted molar refractivity (Wildman–Crippen MR) is 145 cm³/mol. The first-order valence-electron chi connectivity index (χ1n) is 11.0. The summed E-state index contributed by atoms with van der Waals surface area (Å²) in [6.45, 7) is 1.87. The van der Waals surface area contributed by atoms with Gasteiger partial charge < -0.3 is 19.8 Å². The Hall–Kier alpha value is -3.27. The number of halogens is 1. The van der Waals surface area contributed by atoms with Crippen molar-refractivity contribution < 1.29 is 9.15 Å². The van der Waals surface area contributed by atoms with Crippen molar-refractivity contribution in [3.63, 3.8) is 0 Å². The Morgan fingerprint density at radius 1 is 1.03 bits per heavy atom. The summed E-state index contributed by atoms with van der Waals surface area (Å²) in [5.74, 6) is 2.51. The van der Waals surface area contributed by atoms with Crippen LogP contribution in [0.4, 0.5) is 0 Å². The molecule has 4 rings (SSSR count). The van der Waals surface area contributed by atoms with Gasteiger partial charge in [-0.3, -0.25) is 4.68 Å². The maximum atomic E-state index is 5.44. The van der Waals surface area contributed by atoms with Crippen molar-refractivity contribution in [1.29, 1.82) is 0 Å². The van der Waals surface area contributed by atoms with Crippen molar-refractivity contribution in [2.45, 2.75) is 19.5 Å². The highest BCUT2D eigenvalue weighted by Gasteiger charge is 2.11. The molecule has 2 N–H and O–H groups in total. The summed E-state index contributed by atoms with van der Waals surface area (Å²) in [6, 6.07) is 22.0. The van der Waals surface area contributed by atoms with E-state index in [2.05, 4.69) is 27.9 Å². The average molecular weight is 571 g/mol. The number of benzene rings is 2. The van der Waals surface area contributed by atoms with Crippen LogP contribution in [0.25, 0.3) is 11.3 Å². The van der Waals surface area contributed by atoms with Gasteiger partial charge in [0.2, 0.25) is 0 Å². The monoisotopic (exact) mass is 571 g/mol. The molecular weight excluding hydrogens is 541 g/mol. The van der Waals surface area contributed by atoms with Crippen molar-refractivity contribution in [3.8, 4) is 17.0 Å². The van der Waals surface area contributed by atoms with Crippen LogP contribution in [0, 0.1) is 0 Å². The maximum Gasteiger partial charge on any atom is 0.191 e. The first-order valence-corrected chi connectivity index (χ1v) is 11.0. The molecule has 2 heterocycles. The second kappa shape index (κ2) is 12.8. The SMILES string of the molecule is COc1ccc(CN=C(NCCc2ccco2)NCc2cn(C)nc2-c2ccccc2)cc1.I. The van der Waals surface area contributed by atoms with Gasteiger partial charge in [-0.2, -0.15) is 5.10 Å². The van der Waals surface area contributed by atoms with Gasteiger partial charge in [-0.1, -0.05) is 42.5 Å².